The fourth-order valence-corrected chi connectivity index (χ4v) is 2.38. The van der Waals surface area contributed by atoms with E-state index in [9.17, 15) is 9.59 Å². The largest absolute Gasteiger partial charge is 0.478 e. The van der Waals surface area contributed by atoms with Crippen LogP contribution in [0.15, 0.2) is 12.1 Å². The number of carbonyl (C=O) groups excluding carboxylic acids is 1. The van der Waals surface area contributed by atoms with Crippen molar-refractivity contribution in [2.75, 3.05) is 11.4 Å². The van der Waals surface area contributed by atoms with E-state index in [4.69, 9.17) is 11.5 Å². The van der Waals surface area contributed by atoms with E-state index in [0.717, 1.165) is 11.3 Å². The average Bonchev–Trinajstić information content (AvgIpc) is 2.73. The molecule has 0 aliphatic carbocycles. The second-order valence-corrected chi connectivity index (χ2v) is 4.76. The third-order valence-electron chi connectivity index (χ3n) is 3.64. The van der Waals surface area contributed by atoms with Crippen molar-refractivity contribution in [3.63, 3.8) is 0 Å². The number of amides is 1. The number of nitrogens with zero attached hydrogens (tertiary/aromatic N) is 1. The molecular formula is C15H15NO3. The number of rotatable bonds is 2. The number of carboxylic acid groups (broad SMARTS) is 1. The molecule has 1 amide bonds. The molecule has 1 atom stereocenters. The number of hydrogen-bond acceptors (Lipinski definition) is 2. The Bertz CT molecular complexity index is 598. The summed E-state index contributed by atoms with van der Waals surface area (Å²) in [4.78, 5) is 24.7. The third-order valence-corrected chi connectivity index (χ3v) is 3.64. The van der Waals surface area contributed by atoms with E-state index in [0.29, 0.717) is 18.5 Å². The van der Waals surface area contributed by atoms with Crippen LogP contribution in [-0.4, -0.2) is 23.5 Å². The molecule has 1 aromatic carbocycles. The molecule has 0 spiro atoms. The number of anilines is 1. The topological polar surface area (TPSA) is 57.6 Å². The van der Waals surface area contributed by atoms with Gasteiger partial charge in [0.15, 0.2) is 0 Å². The molecule has 0 radical (unpaired) electrons. The van der Waals surface area contributed by atoms with Gasteiger partial charge in [-0.15, -0.1) is 12.3 Å². The van der Waals surface area contributed by atoms with Gasteiger partial charge in [-0.05, 0) is 37.1 Å². The van der Waals surface area contributed by atoms with Gasteiger partial charge in [0.25, 0.3) is 0 Å². The van der Waals surface area contributed by atoms with E-state index >= 15 is 0 Å². The number of carbonyl (C=O) groups is 2. The lowest BCUT2D eigenvalue weighted by Crippen LogP contribution is -2.25. The van der Waals surface area contributed by atoms with Crippen LogP contribution in [0.3, 0.4) is 0 Å². The van der Waals surface area contributed by atoms with Crippen LogP contribution in [0.25, 0.3) is 0 Å². The zero-order valence-corrected chi connectivity index (χ0v) is 10.9. The van der Waals surface area contributed by atoms with Crippen molar-refractivity contribution in [3.05, 3.63) is 28.8 Å². The zero-order chi connectivity index (χ0) is 14.2. The average molecular weight is 257 g/mol. The van der Waals surface area contributed by atoms with E-state index in [1.165, 1.54) is 6.07 Å². The Kier molecular flexibility index (Phi) is 3.30. The van der Waals surface area contributed by atoms with Gasteiger partial charge in [0.1, 0.15) is 0 Å². The first-order valence-corrected chi connectivity index (χ1v) is 6.05. The highest BCUT2D eigenvalue weighted by molar-refractivity contribution is 5.98. The molecule has 0 saturated carbocycles. The Morgan fingerprint density at radius 2 is 2.11 bits per heavy atom. The number of aromatic carboxylic acids is 1. The minimum absolute atomic E-state index is 0.00600. The first kappa shape index (κ1) is 13.2. The molecule has 4 nitrogen and oxygen atoms in total. The summed E-state index contributed by atoms with van der Waals surface area (Å²) in [5.74, 6) is 1.57. The van der Waals surface area contributed by atoms with E-state index in [-0.39, 0.29) is 17.4 Å². The minimum atomic E-state index is -0.957. The SMILES string of the molecule is C#CC1CC(=O)N(c2ccc(C(=O)O)c(C)c2C)C1. The second kappa shape index (κ2) is 4.77. The number of carboxylic acids is 1. The highest BCUT2D eigenvalue weighted by atomic mass is 16.4. The standard InChI is InChI=1S/C15H15NO3/c1-4-11-7-14(17)16(8-11)13-6-5-12(15(18)19)9(2)10(13)3/h1,5-6,11H,7-8H2,2-3H3,(H,18,19). The molecule has 1 aliphatic rings. The fourth-order valence-electron chi connectivity index (χ4n) is 2.38. The van der Waals surface area contributed by atoms with Gasteiger partial charge in [-0.1, -0.05) is 0 Å². The van der Waals surface area contributed by atoms with Gasteiger partial charge >= 0.3 is 5.97 Å². The Labute approximate surface area is 112 Å². The summed E-state index contributed by atoms with van der Waals surface area (Å²) in [5, 5.41) is 9.07. The van der Waals surface area contributed by atoms with Gasteiger partial charge in [0, 0.05) is 24.6 Å². The molecule has 1 fully saturated rings. The molecule has 1 aliphatic heterocycles. The van der Waals surface area contributed by atoms with Crippen molar-refractivity contribution >= 4 is 17.6 Å². The van der Waals surface area contributed by atoms with Crippen LogP contribution in [0, 0.1) is 32.1 Å². The van der Waals surface area contributed by atoms with Crippen LogP contribution in [-0.2, 0) is 4.79 Å². The van der Waals surface area contributed by atoms with Crippen LogP contribution in [0.2, 0.25) is 0 Å². The zero-order valence-electron chi connectivity index (χ0n) is 10.9. The Hall–Kier alpha value is -2.28. The van der Waals surface area contributed by atoms with Crippen molar-refractivity contribution in [2.24, 2.45) is 5.92 Å². The highest BCUT2D eigenvalue weighted by Crippen LogP contribution is 2.30. The molecular weight excluding hydrogens is 242 g/mol. The number of benzene rings is 1. The monoisotopic (exact) mass is 257 g/mol. The maximum atomic E-state index is 11.9. The lowest BCUT2D eigenvalue weighted by molar-refractivity contribution is -0.117. The van der Waals surface area contributed by atoms with E-state index in [1.54, 1.807) is 17.9 Å². The van der Waals surface area contributed by atoms with Gasteiger partial charge in [-0.3, -0.25) is 4.79 Å². The number of hydrogen-bond donors (Lipinski definition) is 1. The molecule has 19 heavy (non-hydrogen) atoms. The molecule has 0 bridgehead atoms. The first-order chi connectivity index (χ1) is 8.95. The summed E-state index contributed by atoms with van der Waals surface area (Å²) in [6, 6.07) is 3.22. The van der Waals surface area contributed by atoms with Crippen molar-refractivity contribution in [1.29, 1.82) is 0 Å². The molecule has 1 N–H and O–H groups in total. The van der Waals surface area contributed by atoms with Crippen molar-refractivity contribution in [3.8, 4) is 12.3 Å². The highest BCUT2D eigenvalue weighted by Gasteiger charge is 2.30. The summed E-state index contributed by atoms with van der Waals surface area (Å²) >= 11 is 0. The molecule has 1 heterocycles. The lowest BCUT2D eigenvalue weighted by Gasteiger charge is -2.20. The molecule has 1 unspecified atom stereocenters. The Morgan fingerprint density at radius 1 is 1.42 bits per heavy atom. The predicted molar refractivity (Wildman–Crippen MR) is 72.2 cm³/mol. The lowest BCUT2D eigenvalue weighted by atomic mass is 10.0. The third kappa shape index (κ3) is 2.19. The molecule has 0 aromatic heterocycles. The van der Waals surface area contributed by atoms with E-state index in [1.807, 2.05) is 6.92 Å². The Balaban J connectivity index is 2.43. The maximum Gasteiger partial charge on any atom is 0.335 e. The summed E-state index contributed by atoms with van der Waals surface area (Å²) in [7, 11) is 0. The smallest absolute Gasteiger partial charge is 0.335 e. The van der Waals surface area contributed by atoms with Crippen molar-refractivity contribution in [1.82, 2.24) is 0 Å². The van der Waals surface area contributed by atoms with Gasteiger partial charge < -0.3 is 10.0 Å². The molecule has 1 aromatic rings. The normalized spacial score (nSPS) is 18.5. The Morgan fingerprint density at radius 3 is 2.63 bits per heavy atom. The predicted octanol–water partition coefficient (Wildman–Crippen LogP) is 1.99. The minimum Gasteiger partial charge on any atom is -0.478 e. The first-order valence-electron chi connectivity index (χ1n) is 6.05. The molecule has 2 rings (SSSR count). The summed E-state index contributed by atoms with van der Waals surface area (Å²) < 4.78 is 0. The summed E-state index contributed by atoms with van der Waals surface area (Å²) in [6.07, 6.45) is 5.72. The molecule has 1 saturated heterocycles. The van der Waals surface area contributed by atoms with Crippen LogP contribution < -0.4 is 4.90 Å². The maximum absolute atomic E-state index is 11.9. The van der Waals surface area contributed by atoms with Gasteiger partial charge in [0.2, 0.25) is 5.91 Å². The van der Waals surface area contributed by atoms with Crippen LogP contribution >= 0.6 is 0 Å². The van der Waals surface area contributed by atoms with Crippen LogP contribution in [0.1, 0.15) is 27.9 Å². The van der Waals surface area contributed by atoms with Crippen molar-refractivity contribution in [2.45, 2.75) is 20.3 Å². The molecule has 4 heteroatoms. The quantitative estimate of drug-likeness (QED) is 0.824. The van der Waals surface area contributed by atoms with Crippen LogP contribution in [0.4, 0.5) is 5.69 Å². The van der Waals surface area contributed by atoms with Gasteiger partial charge in [-0.25, -0.2) is 4.79 Å². The van der Waals surface area contributed by atoms with E-state index in [2.05, 4.69) is 5.92 Å². The number of terminal acetylenes is 1. The van der Waals surface area contributed by atoms with Crippen molar-refractivity contribution < 1.29 is 14.7 Å². The van der Waals surface area contributed by atoms with Crippen LogP contribution in [0.5, 0.6) is 0 Å². The van der Waals surface area contributed by atoms with Gasteiger partial charge in [0.05, 0.1) is 5.56 Å². The van der Waals surface area contributed by atoms with Gasteiger partial charge in [-0.2, -0.15) is 0 Å². The fraction of sp³-hybridized carbons (Fsp3) is 0.333. The second-order valence-electron chi connectivity index (χ2n) is 4.76. The molecule has 98 valence electrons. The summed E-state index contributed by atoms with van der Waals surface area (Å²) in [5.41, 5.74) is 2.51. The summed E-state index contributed by atoms with van der Waals surface area (Å²) in [6.45, 7) is 4.08. The van der Waals surface area contributed by atoms with E-state index < -0.39 is 5.97 Å².